The molecule has 1 aliphatic rings. The largest absolute Gasteiger partial charge is 0.342 e. The van der Waals surface area contributed by atoms with E-state index in [-0.39, 0.29) is 24.2 Å². The molecule has 3 N–H and O–H groups in total. The Kier molecular flexibility index (Phi) is 5.62. The number of aromatic nitrogens is 3. The molecule has 2 aromatic rings. The minimum atomic E-state index is -0.406. The second-order valence-corrected chi connectivity index (χ2v) is 6.39. The lowest BCUT2D eigenvalue weighted by Crippen LogP contribution is -2.44. The van der Waals surface area contributed by atoms with Crippen molar-refractivity contribution in [2.45, 2.75) is 32.4 Å². The van der Waals surface area contributed by atoms with E-state index < -0.39 is 5.91 Å². The van der Waals surface area contributed by atoms with E-state index in [0.717, 1.165) is 19.4 Å². The number of nitrogens with zero attached hydrogens (tertiary/aromatic N) is 4. The lowest BCUT2D eigenvalue weighted by atomic mass is 10.1. The molecule has 1 fully saturated rings. The number of hydrogen-bond acceptors (Lipinski definition) is 6. The number of amides is 1. The molecule has 1 aromatic carbocycles. The number of carbonyl (C=O) groups excluding carboxylic acids is 2. The summed E-state index contributed by atoms with van der Waals surface area (Å²) in [6.45, 7) is 3.96. The summed E-state index contributed by atoms with van der Waals surface area (Å²) in [6, 6.07) is 8.97. The first-order chi connectivity index (χ1) is 12.6. The maximum Gasteiger partial charge on any atom is 0.289 e. The first-order valence-corrected chi connectivity index (χ1v) is 8.90. The molecule has 138 valence electrons. The van der Waals surface area contributed by atoms with Crippen molar-refractivity contribution in [2.24, 2.45) is 5.73 Å². The summed E-state index contributed by atoms with van der Waals surface area (Å²) in [5.74, 6) is 0.310. The second kappa shape index (κ2) is 8.09. The number of anilines is 1. The molecular weight excluding hydrogens is 332 g/mol. The fourth-order valence-corrected chi connectivity index (χ4v) is 3.15. The van der Waals surface area contributed by atoms with Gasteiger partial charge in [-0.15, -0.1) is 10.2 Å². The summed E-state index contributed by atoms with van der Waals surface area (Å²) in [5, 5.41) is 10.9. The van der Waals surface area contributed by atoms with Crippen LogP contribution in [0.4, 0.5) is 5.95 Å². The van der Waals surface area contributed by atoms with Crippen LogP contribution in [0.1, 0.15) is 40.7 Å². The topological polar surface area (TPSA) is 106 Å². The summed E-state index contributed by atoms with van der Waals surface area (Å²) in [5.41, 5.74) is 6.60. The summed E-state index contributed by atoms with van der Waals surface area (Å²) >= 11 is 0. The lowest BCUT2D eigenvalue weighted by Gasteiger charge is -2.31. The predicted molar refractivity (Wildman–Crippen MR) is 98.2 cm³/mol. The average molecular weight is 356 g/mol. The van der Waals surface area contributed by atoms with Crippen LogP contribution in [0.2, 0.25) is 0 Å². The van der Waals surface area contributed by atoms with Crippen molar-refractivity contribution >= 4 is 17.6 Å². The summed E-state index contributed by atoms with van der Waals surface area (Å²) in [6.07, 6.45) is 1.98. The highest BCUT2D eigenvalue weighted by molar-refractivity contribution is 6.01. The predicted octanol–water partition coefficient (Wildman–Crippen LogP) is 0.838. The van der Waals surface area contributed by atoms with Crippen LogP contribution in [0.5, 0.6) is 0 Å². The van der Waals surface area contributed by atoms with Gasteiger partial charge in [0.15, 0.2) is 5.78 Å². The van der Waals surface area contributed by atoms with Crippen molar-refractivity contribution in [2.75, 3.05) is 24.5 Å². The second-order valence-electron chi connectivity index (χ2n) is 6.39. The van der Waals surface area contributed by atoms with Crippen LogP contribution in [-0.4, -0.2) is 52.1 Å². The highest BCUT2D eigenvalue weighted by Gasteiger charge is 2.25. The maximum absolute atomic E-state index is 12.5. The van der Waals surface area contributed by atoms with Gasteiger partial charge in [-0.25, -0.2) is 0 Å². The third-order valence-electron chi connectivity index (χ3n) is 4.50. The van der Waals surface area contributed by atoms with Crippen LogP contribution >= 0.6 is 0 Å². The molecule has 3 rings (SSSR count). The summed E-state index contributed by atoms with van der Waals surface area (Å²) < 4.78 is 1.76. The van der Waals surface area contributed by atoms with Gasteiger partial charge in [-0.3, -0.25) is 14.2 Å². The first-order valence-electron chi connectivity index (χ1n) is 8.90. The van der Waals surface area contributed by atoms with Crippen molar-refractivity contribution < 1.29 is 9.59 Å². The van der Waals surface area contributed by atoms with E-state index >= 15 is 0 Å². The number of nitrogens with two attached hydrogens (primary N) is 1. The zero-order valence-corrected chi connectivity index (χ0v) is 14.9. The lowest BCUT2D eigenvalue weighted by molar-refractivity contribution is 0.0894. The van der Waals surface area contributed by atoms with Gasteiger partial charge in [-0.1, -0.05) is 30.3 Å². The van der Waals surface area contributed by atoms with Crippen LogP contribution in [0.25, 0.3) is 0 Å². The van der Waals surface area contributed by atoms with E-state index in [1.165, 1.54) is 0 Å². The number of piperidine rings is 1. The molecule has 0 radical (unpaired) electrons. The monoisotopic (exact) mass is 356 g/mol. The molecule has 1 amide bonds. The Labute approximate surface area is 152 Å². The Balaban J connectivity index is 1.68. The van der Waals surface area contributed by atoms with Crippen LogP contribution in [-0.2, 0) is 6.54 Å². The van der Waals surface area contributed by atoms with Gasteiger partial charge >= 0.3 is 0 Å². The molecule has 8 heteroatoms. The Bertz CT molecular complexity index is 773. The van der Waals surface area contributed by atoms with Crippen LogP contribution in [0, 0.1) is 0 Å². The fraction of sp³-hybridized carbons (Fsp3) is 0.444. The summed E-state index contributed by atoms with van der Waals surface area (Å²) in [7, 11) is 0. The van der Waals surface area contributed by atoms with Crippen molar-refractivity contribution in [3.63, 3.8) is 0 Å². The SMILES string of the molecule is CCn1c(C(=O)NCC(=O)c2ccccc2)nnc1N1CCCC(N)C1. The molecule has 26 heavy (non-hydrogen) atoms. The van der Waals surface area contributed by atoms with E-state index in [4.69, 9.17) is 5.73 Å². The van der Waals surface area contributed by atoms with Crippen LogP contribution in [0.15, 0.2) is 30.3 Å². The smallest absolute Gasteiger partial charge is 0.289 e. The standard InChI is InChI=1S/C18H24N6O2/c1-2-24-16(21-22-18(24)23-10-6-9-14(19)12-23)17(26)20-11-15(25)13-7-4-3-5-8-13/h3-5,7-8,14H,2,6,9-12,19H2,1H3,(H,20,26). The molecule has 0 spiro atoms. The first kappa shape index (κ1) is 18.1. The van der Waals surface area contributed by atoms with Gasteiger partial charge in [-0.2, -0.15) is 0 Å². The average Bonchev–Trinajstić information content (AvgIpc) is 3.10. The minimum absolute atomic E-state index is 0.0800. The normalized spacial score (nSPS) is 17.2. The van der Waals surface area contributed by atoms with E-state index in [2.05, 4.69) is 20.4 Å². The Hall–Kier alpha value is -2.74. The van der Waals surface area contributed by atoms with Gasteiger partial charge in [0.25, 0.3) is 5.91 Å². The molecule has 1 aliphatic heterocycles. The number of hydrogen-bond donors (Lipinski definition) is 2. The Morgan fingerprint density at radius 2 is 2.04 bits per heavy atom. The van der Waals surface area contributed by atoms with Crippen molar-refractivity contribution in [3.05, 3.63) is 41.7 Å². The molecule has 8 nitrogen and oxygen atoms in total. The zero-order chi connectivity index (χ0) is 18.5. The number of ketones is 1. The fourth-order valence-electron chi connectivity index (χ4n) is 3.15. The highest BCUT2D eigenvalue weighted by Crippen LogP contribution is 2.18. The number of nitrogens with one attached hydrogen (secondary N) is 1. The van der Waals surface area contributed by atoms with E-state index in [1.54, 1.807) is 28.8 Å². The molecule has 2 heterocycles. The van der Waals surface area contributed by atoms with Crippen LogP contribution < -0.4 is 16.0 Å². The molecule has 0 aliphatic carbocycles. The third kappa shape index (κ3) is 3.91. The number of Topliss-reactive ketones (excluding diaryl/α,β-unsaturated/α-hetero) is 1. The van der Waals surface area contributed by atoms with Gasteiger partial charge in [0, 0.05) is 31.2 Å². The number of rotatable bonds is 6. The van der Waals surface area contributed by atoms with E-state index in [0.29, 0.717) is 24.6 Å². The van der Waals surface area contributed by atoms with Gasteiger partial charge < -0.3 is 16.0 Å². The third-order valence-corrected chi connectivity index (χ3v) is 4.50. The van der Waals surface area contributed by atoms with Crippen molar-refractivity contribution in [3.8, 4) is 0 Å². The number of carbonyl (C=O) groups is 2. The molecule has 1 aromatic heterocycles. The molecule has 0 saturated carbocycles. The highest BCUT2D eigenvalue weighted by atomic mass is 16.2. The maximum atomic E-state index is 12.5. The Morgan fingerprint density at radius 3 is 2.73 bits per heavy atom. The molecule has 0 bridgehead atoms. The van der Waals surface area contributed by atoms with Crippen LogP contribution in [0.3, 0.4) is 0 Å². The van der Waals surface area contributed by atoms with E-state index in [9.17, 15) is 9.59 Å². The number of benzene rings is 1. The van der Waals surface area contributed by atoms with Gasteiger partial charge in [0.1, 0.15) is 0 Å². The van der Waals surface area contributed by atoms with E-state index in [1.807, 2.05) is 13.0 Å². The zero-order valence-electron chi connectivity index (χ0n) is 14.9. The molecule has 1 unspecified atom stereocenters. The Morgan fingerprint density at radius 1 is 1.27 bits per heavy atom. The van der Waals surface area contributed by atoms with Gasteiger partial charge in [0.05, 0.1) is 6.54 Å². The van der Waals surface area contributed by atoms with Gasteiger partial charge in [0.2, 0.25) is 11.8 Å². The molecular formula is C18H24N6O2. The molecule has 1 saturated heterocycles. The van der Waals surface area contributed by atoms with Gasteiger partial charge in [-0.05, 0) is 19.8 Å². The minimum Gasteiger partial charge on any atom is -0.342 e. The quantitative estimate of drug-likeness (QED) is 0.743. The summed E-state index contributed by atoms with van der Waals surface area (Å²) in [4.78, 5) is 26.7. The molecule has 1 atom stereocenters. The van der Waals surface area contributed by atoms with Crippen molar-refractivity contribution in [1.82, 2.24) is 20.1 Å². The van der Waals surface area contributed by atoms with Crippen molar-refractivity contribution in [1.29, 1.82) is 0 Å².